The molecular formula is C28H34N6O2S. The van der Waals surface area contributed by atoms with Gasteiger partial charge in [0.15, 0.2) is 0 Å². The molecule has 1 N–H and O–H groups in total. The molecule has 0 bridgehead atoms. The number of ether oxygens (including phenoxy) is 1. The van der Waals surface area contributed by atoms with Crippen molar-refractivity contribution in [2.45, 2.75) is 29.2 Å². The maximum atomic E-state index is 12.6. The topological polar surface area (TPSA) is 73.8 Å². The molecule has 194 valence electrons. The minimum atomic E-state index is -0.0461. The lowest BCUT2D eigenvalue weighted by Crippen LogP contribution is -2.45. The van der Waals surface area contributed by atoms with Gasteiger partial charge in [0.1, 0.15) is 6.61 Å². The lowest BCUT2D eigenvalue weighted by Gasteiger charge is -2.32. The van der Waals surface area contributed by atoms with Gasteiger partial charge in [-0.1, -0.05) is 42.1 Å². The van der Waals surface area contributed by atoms with Crippen LogP contribution >= 0.6 is 11.8 Å². The Balaban J connectivity index is 1.28. The molecule has 0 unspecified atom stereocenters. The lowest BCUT2D eigenvalue weighted by atomic mass is 10.2. The molecule has 1 amide bonds. The summed E-state index contributed by atoms with van der Waals surface area (Å²) in [6.07, 6.45) is 4.26. The molecule has 8 nitrogen and oxygen atoms in total. The number of rotatable bonds is 9. The van der Waals surface area contributed by atoms with Crippen LogP contribution in [0.5, 0.6) is 5.88 Å². The molecule has 0 aliphatic carbocycles. The average molecular weight is 519 g/mol. The standard InChI is InChI=1S/C28H34N6O2S/c1-32-15-17-34(18-16-32)28-29-19-25(27(31-28)36-20-22-7-3-2-4-8-22)37-24-11-9-23(10-12-24)26(35)30-21-33-13-5-6-14-33/h2-4,7-12,19H,5-6,13-18,20-21H2,1H3,(H,30,35). The van der Waals surface area contributed by atoms with Crippen molar-refractivity contribution in [3.63, 3.8) is 0 Å². The van der Waals surface area contributed by atoms with Crippen molar-refractivity contribution in [2.75, 3.05) is 57.9 Å². The summed E-state index contributed by atoms with van der Waals surface area (Å²) in [5.41, 5.74) is 1.74. The van der Waals surface area contributed by atoms with Gasteiger partial charge in [-0.15, -0.1) is 0 Å². The van der Waals surface area contributed by atoms with Crippen LogP contribution in [0.1, 0.15) is 28.8 Å². The molecule has 9 heteroatoms. The Morgan fingerprint density at radius 3 is 2.43 bits per heavy atom. The van der Waals surface area contributed by atoms with Gasteiger partial charge >= 0.3 is 0 Å². The zero-order chi connectivity index (χ0) is 25.5. The van der Waals surface area contributed by atoms with Crippen molar-refractivity contribution in [1.82, 2.24) is 25.1 Å². The number of nitrogens with one attached hydrogen (secondary N) is 1. The van der Waals surface area contributed by atoms with E-state index in [-0.39, 0.29) is 5.91 Å². The molecule has 2 aliphatic heterocycles. The summed E-state index contributed by atoms with van der Waals surface area (Å²) in [7, 11) is 2.13. The van der Waals surface area contributed by atoms with E-state index in [2.05, 4.69) is 32.0 Å². The van der Waals surface area contributed by atoms with Crippen molar-refractivity contribution < 1.29 is 9.53 Å². The summed E-state index contributed by atoms with van der Waals surface area (Å²) in [6.45, 7) is 6.90. The van der Waals surface area contributed by atoms with Crippen LogP contribution in [0.3, 0.4) is 0 Å². The number of carbonyl (C=O) groups is 1. The van der Waals surface area contributed by atoms with Gasteiger partial charge in [-0.25, -0.2) is 4.98 Å². The Kier molecular flexibility index (Phi) is 8.55. The number of likely N-dealkylation sites (tertiary alicyclic amines) is 1. The van der Waals surface area contributed by atoms with E-state index in [0.717, 1.165) is 54.6 Å². The van der Waals surface area contributed by atoms with E-state index in [9.17, 15) is 4.79 Å². The van der Waals surface area contributed by atoms with Gasteiger partial charge in [0.2, 0.25) is 11.8 Å². The normalized spacial score (nSPS) is 16.6. The molecule has 0 saturated carbocycles. The minimum Gasteiger partial charge on any atom is -0.472 e. The monoisotopic (exact) mass is 518 g/mol. The Bertz CT molecular complexity index is 1160. The van der Waals surface area contributed by atoms with Crippen LogP contribution in [0.4, 0.5) is 5.95 Å². The number of carbonyl (C=O) groups excluding carboxylic acids is 1. The van der Waals surface area contributed by atoms with Gasteiger partial charge in [-0.2, -0.15) is 4.98 Å². The number of anilines is 1. The highest BCUT2D eigenvalue weighted by Crippen LogP contribution is 2.35. The van der Waals surface area contributed by atoms with E-state index in [1.807, 2.05) is 60.8 Å². The Morgan fingerprint density at radius 2 is 1.70 bits per heavy atom. The van der Waals surface area contributed by atoms with E-state index in [0.29, 0.717) is 30.7 Å². The van der Waals surface area contributed by atoms with E-state index < -0.39 is 0 Å². The Hall–Kier alpha value is -3.14. The number of hydrogen-bond acceptors (Lipinski definition) is 8. The minimum absolute atomic E-state index is 0.0461. The third-order valence-corrected chi connectivity index (χ3v) is 7.73. The quantitative estimate of drug-likeness (QED) is 0.459. The van der Waals surface area contributed by atoms with E-state index in [4.69, 9.17) is 9.72 Å². The zero-order valence-corrected chi connectivity index (χ0v) is 22.1. The molecule has 3 aromatic rings. The number of hydrogen-bond donors (Lipinski definition) is 1. The lowest BCUT2D eigenvalue weighted by molar-refractivity contribution is 0.0929. The molecule has 3 heterocycles. The first-order valence-corrected chi connectivity index (χ1v) is 13.7. The van der Waals surface area contributed by atoms with Gasteiger partial charge in [0, 0.05) is 36.6 Å². The molecule has 2 fully saturated rings. The molecule has 5 rings (SSSR count). The predicted molar refractivity (Wildman–Crippen MR) is 146 cm³/mol. The second-order valence-electron chi connectivity index (χ2n) is 9.52. The fourth-order valence-electron chi connectivity index (χ4n) is 4.43. The Morgan fingerprint density at radius 1 is 0.973 bits per heavy atom. The van der Waals surface area contributed by atoms with Crippen LogP contribution in [0.15, 0.2) is 70.6 Å². The van der Waals surface area contributed by atoms with Gasteiger partial charge in [-0.3, -0.25) is 9.69 Å². The highest BCUT2D eigenvalue weighted by atomic mass is 32.2. The van der Waals surface area contributed by atoms with Crippen LogP contribution in [0, 0.1) is 0 Å². The van der Waals surface area contributed by atoms with Crippen molar-refractivity contribution >= 4 is 23.6 Å². The maximum Gasteiger partial charge on any atom is 0.252 e. The van der Waals surface area contributed by atoms with Crippen LogP contribution in [0.25, 0.3) is 0 Å². The SMILES string of the molecule is CN1CCN(c2ncc(Sc3ccc(C(=O)NCN4CCCC4)cc3)c(OCc3ccccc3)n2)CC1. The largest absolute Gasteiger partial charge is 0.472 e. The fraction of sp³-hybridized carbons (Fsp3) is 0.393. The van der Waals surface area contributed by atoms with Crippen molar-refractivity contribution in [3.8, 4) is 5.88 Å². The van der Waals surface area contributed by atoms with Gasteiger partial charge in [-0.05, 0) is 62.8 Å². The predicted octanol–water partition coefficient (Wildman–Crippen LogP) is 3.74. The van der Waals surface area contributed by atoms with Gasteiger partial charge in [0.25, 0.3) is 5.91 Å². The maximum absolute atomic E-state index is 12.6. The highest BCUT2D eigenvalue weighted by Gasteiger charge is 2.19. The second kappa shape index (κ2) is 12.4. The van der Waals surface area contributed by atoms with Crippen LogP contribution < -0.4 is 15.0 Å². The average Bonchev–Trinajstić information content (AvgIpc) is 3.46. The summed E-state index contributed by atoms with van der Waals surface area (Å²) in [4.78, 5) is 30.7. The molecule has 2 aromatic carbocycles. The number of aromatic nitrogens is 2. The molecule has 1 aromatic heterocycles. The van der Waals surface area contributed by atoms with Crippen molar-refractivity contribution in [3.05, 3.63) is 71.9 Å². The first-order chi connectivity index (χ1) is 18.1. The summed E-state index contributed by atoms with van der Waals surface area (Å²) in [6, 6.07) is 17.8. The smallest absolute Gasteiger partial charge is 0.252 e. The number of amides is 1. The van der Waals surface area contributed by atoms with Crippen molar-refractivity contribution in [1.29, 1.82) is 0 Å². The van der Waals surface area contributed by atoms with Gasteiger partial charge < -0.3 is 19.9 Å². The molecule has 0 atom stereocenters. The second-order valence-corrected chi connectivity index (χ2v) is 10.6. The first kappa shape index (κ1) is 25.5. The summed E-state index contributed by atoms with van der Waals surface area (Å²) in [5.74, 6) is 1.23. The molecular weight excluding hydrogens is 484 g/mol. The molecule has 2 aliphatic rings. The first-order valence-electron chi connectivity index (χ1n) is 12.9. The summed E-state index contributed by atoms with van der Waals surface area (Å²) in [5, 5.41) is 3.02. The molecule has 2 saturated heterocycles. The Labute approximate surface area is 223 Å². The fourth-order valence-corrected chi connectivity index (χ4v) is 5.26. The molecule has 0 spiro atoms. The number of piperazine rings is 1. The highest BCUT2D eigenvalue weighted by molar-refractivity contribution is 7.99. The van der Waals surface area contributed by atoms with Gasteiger partial charge in [0.05, 0.1) is 17.8 Å². The van der Waals surface area contributed by atoms with Crippen LogP contribution in [-0.2, 0) is 6.61 Å². The van der Waals surface area contributed by atoms with E-state index in [1.165, 1.54) is 12.8 Å². The summed E-state index contributed by atoms with van der Waals surface area (Å²) < 4.78 is 6.21. The summed E-state index contributed by atoms with van der Waals surface area (Å²) >= 11 is 1.54. The molecule has 37 heavy (non-hydrogen) atoms. The number of nitrogens with zero attached hydrogens (tertiary/aromatic N) is 5. The van der Waals surface area contributed by atoms with Crippen molar-refractivity contribution in [2.24, 2.45) is 0 Å². The van der Waals surface area contributed by atoms with E-state index >= 15 is 0 Å². The van der Waals surface area contributed by atoms with Crippen LogP contribution in [-0.4, -0.2) is 78.7 Å². The zero-order valence-electron chi connectivity index (χ0n) is 21.3. The third-order valence-electron chi connectivity index (χ3n) is 6.72. The molecule has 0 radical (unpaired) electrons. The number of benzene rings is 2. The van der Waals surface area contributed by atoms with Crippen LogP contribution in [0.2, 0.25) is 0 Å². The van der Waals surface area contributed by atoms with E-state index in [1.54, 1.807) is 11.8 Å². The third kappa shape index (κ3) is 7.00. The number of likely N-dealkylation sites (N-methyl/N-ethyl adjacent to an activating group) is 1.